The van der Waals surface area contributed by atoms with Gasteiger partial charge in [-0.2, -0.15) is 0 Å². The summed E-state index contributed by atoms with van der Waals surface area (Å²) in [6.07, 6.45) is 9.26. The van der Waals surface area contributed by atoms with Crippen molar-refractivity contribution >= 4 is 17.1 Å². The molecule has 0 N–H and O–H groups in total. The molecule has 2 unspecified atom stereocenters. The molecule has 0 radical (unpaired) electrons. The molecular formula is C19H22N2. The van der Waals surface area contributed by atoms with Crippen LogP contribution in [0.2, 0.25) is 0 Å². The minimum atomic E-state index is 0.310. The summed E-state index contributed by atoms with van der Waals surface area (Å²) >= 11 is 0. The smallest absolute Gasteiger partial charge is 0.0642 e. The fourth-order valence-corrected chi connectivity index (χ4v) is 5.59. The molecule has 21 heavy (non-hydrogen) atoms. The van der Waals surface area contributed by atoms with Crippen LogP contribution in [0, 0.1) is 17.8 Å². The Morgan fingerprint density at radius 1 is 1.14 bits per heavy atom. The number of hydrogen-bond donors (Lipinski definition) is 0. The summed E-state index contributed by atoms with van der Waals surface area (Å²) in [6, 6.07) is 10.9. The van der Waals surface area contributed by atoms with E-state index < -0.39 is 0 Å². The van der Waals surface area contributed by atoms with E-state index in [0.29, 0.717) is 5.54 Å². The van der Waals surface area contributed by atoms with Crippen molar-refractivity contribution in [2.24, 2.45) is 29.8 Å². The number of aromatic nitrogens is 1. The van der Waals surface area contributed by atoms with Gasteiger partial charge < -0.3 is 4.57 Å². The summed E-state index contributed by atoms with van der Waals surface area (Å²) < 4.78 is 2.27. The lowest BCUT2D eigenvalue weighted by Crippen LogP contribution is -2.28. The van der Waals surface area contributed by atoms with Gasteiger partial charge in [0.15, 0.2) is 0 Å². The Kier molecular flexibility index (Phi) is 2.29. The molecule has 1 aromatic carbocycles. The third kappa shape index (κ3) is 1.62. The van der Waals surface area contributed by atoms with Crippen molar-refractivity contribution in [1.82, 2.24) is 4.57 Å². The van der Waals surface area contributed by atoms with Gasteiger partial charge in [0, 0.05) is 24.2 Å². The molecule has 1 aromatic heterocycles. The fraction of sp³-hybridized carbons (Fsp3) is 0.526. The Hall–Kier alpha value is -1.57. The molecule has 2 heteroatoms. The maximum atomic E-state index is 5.18. The molecule has 1 heterocycles. The van der Waals surface area contributed by atoms with Gasteiger partial charge >= 0.3 is 0 Å². The minimum Gasteiger partial charge on any atom is -0.343 e. The van der Waals surface area contributed by atoms with Gasteiger partial charge in [-0.3, -0.25) is 4.99 Å². The summed E-state index contributed by atoms with van der Waals surface area (Å²) in [4.78, 5) is 5.18. The van der Waals surface area contributed by atoms with Crippen LogP contribution in [0.15, 0.2) is 35.3 Å². The predicted molar refractivity (Wildman–Crippen MR) is 86.8 cm³/mol. The predicted octanol–water partition coefficient (Wildman–Crippen LogP) is 4.18. The van der Waals surface area contributed by atoms with Gasteiger partial charge in [-0.25, -0.2) is 0 Å². The number of hydrogen-bond acceptors (Lipinski definition) is 1. The lowest BCUT2D eigenvalue weighted by Gasteiger charge is -2.29. The highest BCUT2D eigenvalue weighted by Crippen LogP contribution is 2.62. The molecule has 4 bridgehead atoms. The normalized spacial score (nSPS) is 37.3. The average molecular weight is 278 g/mol. The standard InChI is InChI=1S/C19H22N2/c1-21-17(9-15-4-2-3-5-18(15)21)12-20-19-10-13-6-14(11-19)8-16(19)7-13/h2-5,9,12-14,16H,6-8,10-11H2,1H3/b20-12+. The Labute approximate surface area is 125 Å². The first-order chi connectivity index (χ1) is 10.2. The van der Waals surface area contributed by atoms with E-state index in [1.807, 2.05) is 0 Å². The second-order valence-corrected chi connectivity index (χ2v) is 7.59. The Morgan fingerprint density at radius 2 is 1.90 bits per heavy atom. The molecule has 0 amide bonds. The molecule has 2 atom stereocenters. The van der Waals surface area contributed by atoms with E-state index in [4.69, 9.17) is 4.99 Å². The number of benzene rings is 1. The monoisotopic (exact) mass is 278 g/mol. The number of fused-ring (bicyclic) bond motifs is 1. The maximum Gasteiger partial charge on any atom is 0.0642 e. The average Bonchev–Trinajstić information content (AvgIpc) is 3.02. The first-order valence-corrected chi connectivity index (χ1v) is 8.33. The zero-order valence-corrected chi connectivity index (χ0v) is 12.6. The second-order valence-electron chi connectivity index (χ2n) is 7.59. The van der Waals surface area contributed by atoms with E-state index in [1.54, 1.807) is 0 Å². The molecule has 0 aliphatic heterocycles. The fourth-order valence-electron chi connectivity index (χ4n) is 5.59. The third-order valence-corrected chi connectivity index (χ3v) is 6.39. The molecule has 108 valence electrons. The number of rotatable bonds is 2. The number of aliphatic imine (C=N–C) groups is 1. The zero-order valence-electron chi connectivity index (χ0n) is 12.6. The lowest BCUT2D eigenvalue weighted by molar-refractivity contribution is 0.269. The highest BCUT2D eigenvalue weighted by molar-refractivity contribution is 5.90. The SMILES string of the molecule is Cn1c(/C=N/C23CC4CC(CC2C4)C3)cc2ccccc21. The number of aryl methyl sites for hydroxylation is 1. The van der Waals surface area contributed by atoms with Gasteiger partial charge in [0.2, 0.25) is 0 Å². The van der Waals surface area contributed by atoms with E-state index in [9.17, 15) is 0 Å². The molecule has 4 aliphatic rings. The van der Waals surface area contributed by atoms with Gasteiger partial charge in [-0.15, -0.1) is 0 Å². The summed E-state index contributed by atoms with van der Waals surface area (Å²) in [5.74, 6) is 2.84. The van der Waals surface area contributed by atoms with Crippen molar-refractivity contribution in [2.45, 2.75) is 37.6 Å². The minimum absolute atomic E-state index is 0.310. The van der Waals surface area contributed by atoms with Crippen molar-refractivity contribution in [2.75, 3.05) is 0 Å². The van der Waals surface area contributed by atoms with Gasteiger partial charge in [0.05, 0.1) is 11.2 Å². The highest BCUT2D eigenvalue weighted by atomic mass is 15.0. The Bertz CT molecular complexity index is 725. The van der Waals surface area contributed by atoms with E-state index in [-0.39, 0.29) is 0 Å². The summed E-state index contributed by atoms with van der Waals surface area (Å²) in [5, 5.41) is 1.32. The number of nitrogens with zero attached hydrogens (tertiary/aromatic N) is 2. The van der Waals surface area contributed by atoms with E-state index in [0.717, 1.165) is 17.8 Å². The second kappa shape index (κ2) is 4.00. The largest absolute Gasteiger partial charge is 0.343 e. The van der Waals surface area contributed by atoms with Crippen LogP contribution in [0.25, 0.3) is 10.9 Å². The summed E-state index contributed by atoms with van der Waals surface area (Å²) in [6.45, 7) is 0. The topological polar surface area (TPSA) is 17.3 Å². The van der Waals surface area contributed by atoms with Crippen LogP contribution in [0.3, 0.4) is 0 Å². The Morgan fingerprint density at radius 3 is 2.67 bits per heavy atom. The summed E-state index contributed by atoms with van der Waals surface area (Å²) in [7, 11) is 2.15. The third-order valence-electron chi connectivity index (χ3n) is 6.39. The molecular weight excluding hydrogens is 256 g/mol. The molecule has 0 saturated heterocycles. The van der Waals surface area contributed by atoms with Crippen molar-refractivity contribution in [3.05, 3.63) is 36.0 Å². The molecule has 4 aliphatic carbocycles. The van der Waals surface area contributed by atoms with Crippen LogP contribution in [0.5, 0.6) is 0 Å². The molecule has 6 rings (SSSR count). The summed E-state index contributed by atoms with van der Waals surface area (Å²) in [5.41, 5.74) is 2.86. The van der Waals surface area contributed by atoms with Crippen molar-refractivity contribution in [1.29, 1.82) is 0 Å². The molecule has 2 nitrogen and oxygen atoms in total. The first kappa shape index (κ1) is 12.0. The van der Waals surface area contributed by atoms with Crippen LogP contribution >= 0.6 is 0 Å². The van der Waals surface area contributed by atoms with Crippen LogP contribution in [-0.4, -0.2) is 16.3 Å². The van der Waals surface area contributed by atoms with Gasteiger partial charge in [0.1, 0.15) is 0 Å². The van der Waals surface area contributed by atoms with Crippen LogP contribution in [0.1, 0.15) is 37.8 Å². The van der Waals surface area contributed by atoms with Crippen LogP contribution < -0.4 is 0 Å². The first-order valence-electron chi connectivity index (χ1n) is 8.33. The Balaban J connectivity index is 1.53. The molecule has 0 spiro atoms. The van der Waals surface area contributed by atoms with Gasteiger partial charge in [-0.05, 0) is 62.0 Å². The lowest BCUT2D eigenvalue weighted by atomic mass is 9.81. The van der Waals surface area contributed by atoms with Crippen molar-refractivity contribution in [3.8, 4) is 0 Å². The molecule has 4 fully saturated rings. The highest BCUT2D eigenvalue weighted by Gasteiger charge is 2.57. The van der Waals surface area contributed by atoms with Crippen molar-refractivity contribution < 1.29 is 0 Å². The number of para-hydroxylation sites is 1. The molecule has 2 aromatic rings. The quantitative estimate of drug-likeness (QED) is 0.733. The van der Waals surface area contributed by atoms with Crippen LogP contribution in [-0.2, 0) is 7.05 Å². The van der Waals surface area contributed by atoms with Gasteiger partial charge in [0.25, 0.3) is 0 Å². The zero-order chi connectivity index (χ0) is 14.0. The molecule has 4 saturated carbocycles. The van der Waals surface area contributed by atoms with E-state index >= 15 is 0 Å². The van der Waals surface area contributed by atoms with Crippen molar-refractivity contribution in [3.63, 3.8) is 0 Å². The van der Waals surface area contributed by atoms with E-state index in [2.05, 4.69) is 48.2 Å². The van der Waals surface area contributed by atoms with E-state index in [1.165, 1.54) is 48.7 Å². The van der Waals surface area contributed by atoms with Gasteiger partial charge in [-0.1, -0.05) is 18.2 Å². The van der Waals surface area contributed by atoms with Crippen LogP contribution in [0.4, 0.5) is 0 Å². The maximum absolute atomic E-state index is 5.18.